The third-order valence-electron chi connectivity index (χ3n) is 3.35. The number of halogens is 1. The summed E-state index contributed by atoms with van der Waals surface area (Å²) < 4.78 is 10.5. The van der Waals surface area contributed by atoms with Crippen LogP contribution in [-0.2, 0) is 0 Å². The molecule has 0 radical (unpaired) electrons. The van der Waals surface area contributed by atoms with Crippen molar-refractivity contribution in [3.63, 3.8) is 0 Å². The normalized spacial score (nSPS) is 11.6. The Bertz CT molecular complexity index is 493. The van der Waals surface area contributed by atoms with Gasteiger partial charge in [-0.15, -0.1) is 12.4 Å². The maximum Gasteiger partial charge on any atom is 0.251 e. The number of hydrogen-bond donors (Lipinski definition) is 2. The lowest BCUT2D eigenvalue weighted by Gasteiger charge is -2.20. The monoisotopic (exact) mass is 330 g/mol. The average molecular weight is 331 g/mol. The van der Waals surface area contributed by atoms with E-state index in [1.165, 1.54) is 0 Å². The summed E-state index contributed by atoms with van der Waals surface area (Å²) in [6.07, 6.45) is 0.856. The lowest BCUT2D eigenvalue weighted by Crippen LogP contribution is -2.41. The highest BCUT2D eigenvalue weighted by Gasteiger charge is 2.18. The molecular weight excluding hydrogens is 304 g/mol. The van der Waals surface area contributed by atoms with Crippen LogP contribution in [0.25, 0.3) is 0 Å². The van der Waals surface area contributed by atoms with Crippen molar-refractivity contribution in [2.24, 2.45) is 11.7 Å². The van der Waals surface area contributed by atoms with Gasteiger partial charge in [-0.3, -0.25) is 4.79 Å². The molecule has 0 bridgehead atoms. The molecule has 0 fully saturated rings. The minimum atomic E-state index is -0.135. The lowest BCUT2D eigenvalue weighted by molar-refractivity contribution is 0.0932. The molecule has 0 aromatic heterocycles. The Morgan fingerprint density at radius 2 is 1.77 bits per heavy atom. The summed E-state index contributed by atoms with van der Waals surface area (Å²) in [7, 11) is 3.13. The van der Waals surface area contributed by atoms with Crippen molar-refractivity contribution >= 4 is 18.3 Å². The van der Waals surface area contributed by atoms with Crippen LogP contribution >= 0.6 is 12.4 Å². The van der Waals surface area contributed by atoms with Crippen molar-refractivity contribution < 1.29 is 14.3 Å². The molecule has 0 aliphatic rings. The van der Waals surface area contributed by atoms with Crippen molar-refractivity contribution in [2.75, 3.05) is 20.8 Å². The smallest absolute Gasteiger partial charge is 0.251 e. The first kappa shape index (κ1) is 20.5. The number of rotatable bonds is 7. The summed E-state index contributed by atoms with van der Waals surface area (Å²) in [6.45, 7) is 6.51. The molecule has 1 rings (SSSR count). The van der Waals surface area contributed by atoms with Crippen LogP contribution in [0.15, 0.2) is 12.1 Å². The zero-order chi connectivity index (χ0) is 16.0. The summed E-state index contributed by atoms with van der Waals surface area (Å²) in [5.41, 5.74) is 7.14. The second-order valence-electron chi connectivity index (χ2n) is 5.56. The van der Waals surface area contributed by atoms with Gasteiger partial charge in [-0.05, 0) is 37.0 Å². The summed E-state index contributed by atoms with van der Waals surface area (Å²) in [5.74, 6) is 1.50. The number of methoxy groups -OCH3 is 2. The number of ether oxygens (including phenoxy) is 2. The largest absolute Gasteiger partial charge is 0.493 e. The number of benzene rings is 1. The van der Waals surface area contributed by atoms with E-state index in [1.54, 1.807) is 26.4 Å². The maximum absolute atomic E-state index is 12.4. The van der Waals surface area contributed by atoms with E-state index in [2.05, 4.69) is 19.2 Å². The first-order chi connectivity index (χ1) is 9.92. The summed E-state index contributed by atoms with van der Waals surface area (Å²) >= 11 is 0. The van der Waals surface area contributed by atoms with Gasteiger partial charge < -0.3 is 20.5 Å². The molecule has 0 saturated carbocycles. The minimum absolute atomic E-state index is 0. The van der Waals surface area contributed by atoms with E-state index < -0.39 is 0 Å². The molecule has 1 amide bonds. The minimum Gasteiger partial charge on any atom is -0.493 e. The van der Waals surface area contributed by atoms with Crippen LogP contribution in [0.1, 0.15) is 36.2 Å². The van der Waals surface area contributed by atoms with Crippen molar-refractivity contribution in [1.82, 2.24) is 5.32 Å². The van der Waals surface area contributed by atoms with Crippen LogP contribution in [0.5, 0.6) is 11.5 Å². The van der Waals surface area contributed by atoms with Gasteiger partial charge in [0.2, 0.25) is 0 Å². The van der Waals surface area contributed by atoms with E-state index in [1.807, 2.05) is 6.92 Å². The van der Waals surface area contributed by atoms with Crippen molar-refractivity contribution in [3.05, 3.63) is 23.3 Å². The highest BCUT2D eigenvalue weighted by atomic mass is 35.5. The summed E-state index contributed by atoms with van der Waals surface area (Å²) in [6, 6.07) is 3.48. The molecule has 22 heavy (non-hydrogen) atoms. The molecule has 1 atom stereocenters. The van der Waals surface area contributed by atoms with Gasteiger partial charge in [0.05, 0.1) is 14.2 Å². The van der Waals surface area contributed by atoms with E-state index in [9.17, 15) is 4.79 Å². The Morgan fingerprint density at radius 3 is 2.23 bits per heavy atom. The molecule has 126 valence electrons. The molecule has 0 saturated heterocycles. The first-order valence-electron chi connectivity index (χ1n) is 7.16. The number of carbonyl (C=O) groups is 1. The Hall–Kier alpha value is -1.46. The third-order valence-corrected chi connectivity index (χ3v) is 3.35. The van der Waals surface area contributed by atoms with Crippen LogP contribution < -0.4 is 20.5 Å². The SMILES string of the molecule is COc1cc(C)c(C(=O)NC(CN)CC(C)C)cc1OC.Cl. The Balaban J connectivity index is 0.00000441. The highest BCUT2D eigenvalue weighted by Crippen LogP contribution is 2.30. The van der Waals surface area contributed by atoms with Crippen LogP contribution in [-0.4, -0.2) is 32.7 Å². The molecule has 0 aliphatic carbocycles. The zero-order valence-corrected chi connectivity index (χ0v) is 14.8. The predicted molar refractivity (Wildman–Crippen MR) is 91.3 cm³/mol. The second kappa shape index (κ2) is 9.54. The Kier molecular flexibility index (Phi) is 8.90. The van der Waals surface area contributed by atoms with Gasteiger partial charge in [-0.25, -0.2) is 0 Å². The van der Waals surface area contributed by atoms with E-state index in [0.717, 1.165) is 12.0 Å². The molecule has 1 aromatic rings. The van der Waals surface area contributed by atoms with Crippen LogP contribution in [0.4, 0.5) is 0 Å². The number of hydrogen-bond acceptors (Lipinski definition) is 4. The van der Waals surface area contributed by atoms with Crippen molar-refractivity contribution in [3.8, 4) is 11.5 Å². The molecule has 0 spiro atoms. The van der Waals surface area contributed by atoms with Crippen LogP contribution in [0.3, 0.4) is 0 Å². The molecular formula is C16H27ClN2O3. The molecule has 1 aromatic carbocycles. The van der Waals surface area contributed by atoms with Gasteiger partial charge in [0.25, 0.3) is 5.91 Å². The zero-order valence-electron chi connectivity index (χ0n) is 13.9. The van der Waals surface area contributed by atoms with E-state index in [-0.39, 0.29) is 24.4 Å². The highest BCUT2D eigenvalue weighted by molar-refractivity contribution is 5.96. The van der Waals surface area contributed by atoms with Gasteiger partial charge in [0.1, 0.15) is 0 Å². The molecule has 0 heterocycles. The second-order valence-corrected chi connectivity index (χ2v) is 5.56. The Morgan fingerprint density at radius 1 is 1.23 bits per heavy atom. The summed E-state index contributed by atoms with van der Waals surface area (Å²) in [4.78, 5) is 12.4. The molecule has 0 aliphatic heterocycles. The predicted octanol–water partition coefficient (Wildman–Crippen LogP) is 2.54. The topological polar surface area (TPSA) is 73.6 Å². The first-order valence-corrected chi connectivity index (χ1v) is 7.16. The van der Waals surface area contributed by atoms with E-state index in [0.29, 0.717) is 29.5 Å². The van der Waals surface area contributed by atoms with E-state index in [4.69, 9.17) is 15.2 Å². The van der Waals surface area contributed by atoms with Gasteiger partial charge in [0, 0.05) is 18.2 Å². The number of amides is 1. The lowest BCUT2D eigenvalue weighted by atomic mass is 10.0. The number of nitrogens with one attached hydrogen (secondary N) is 1. The van der Waals surface area contributed by atoms with Gasteiger partial charge in [-0.1, -0.05) is 13.8 Å². The fourth-order valence-corrected chi connectivity index (χ4v) is 2.27. The van der Waals surface area contributed by atoms with Gasteiger partial charge in [0.15, 0.2) is 11.5 Å². The average Bonchev–Trinajstić information content (AvgIpc) is 2.45. The van der Waals surface area contributed by atoms with Crippen LogP contribution in [0, 0.1) is 12.8 Å². The fourth-order valence-electron chi connectivity index (χ4n) is 2.27. The van der Waals surface area contributed by atoms with Gasteiger partial charge in [-0.2, -0.15) is 0 Å². The molecule has 6 heteroatoms. The van der Waals surface area contributed by atoms with E-state index >= 15 is 0 Å². The quantitative estimate of drug-likeness (QED) is 0.805. The standard InChI is InChI=1S/C16H26N2O3.ClH/c1-10(2)6-12(9-17)18-16(19)13-8-15(21-5)14(20-4)7-11(13)3;/h7-8,10,12H,6,9,17H2,1-5H3,(H,18,19);1H. The number of nitrogens with two attached hydrogens (primary N) is 1. The molecule has 5 nitrogen and oxygen atoms in total. The number of aryl methyl sites for hydroxylation is 1. The molecule has 3 N–H and O–H groups in total. The summed E-state index contributed by atoms with van der Waals surface area (Å²) in [5, 5.41) is 2.98. The van der Waals surface area contributed by atoms with Crippen LogP contribution in [0.2, 0.25) is 0 Å². The third kappa shape index (κ3) is 5.39. The fraction of sp³-hybridized carbons (Fsp3) is 0.562. The Labute approximate surface area is 139 Å². The van der Waals surface area contributed by atoms with Crippen molar-refractivity contribution in [2.45, 2.75) is 33.2 Å². The maximum atomic E-state index is 12.4. The molecule has 1 unspecified atom stereocenters. The number of carbonyl (C=O) groups excluding carboxylic acids is 1. The van der Waals surface area contributed by atoms with Gasteiger partial charge >= 0.3 is 0 Å². The van der Waals surface area contributed by atoms with Crippen molar-refractivity contribution in [1.29, 1.82) is 0 Å².